The maximum absolute atomic E-state index is 12.8. The summed E-state index contributed by atoms with van der Waals surface area (Å²) in [5, 5.41) is 3.48. The molecule has 5 heteroatoms. The third-order valence-corrected chi connectivity index (χ3v) is 4.13. The summed E-state index contributed by atoms with van der Waals surface area (Å²) >= 11 is 0. The first-order chi connectivity index (χ1) is 10.2. The minimum Gasteiger partial charge on any atom is -0.493 e. The summed E-state index contributed by atoms with van der Waals surface area (Å²) in [7, 11) is 0. The fourth-order valence-corrected chi connectivity index (χ4v) is 3.10. The molecule has 0 amide bonds. The van der Waals surface area contributed by atoms with Crippen LogP contribution in [-0.4, -0.2) is 37.7 Å². The van der Waals surface area contributed by atoms with Gasteiger partial charge in [0.15, 0.2) is 0 Å². The number of benzene rings is 1. The monoisotopic (exact) mass is 293 g/mol. The van der Waals surface area contributed by atoms with Gasteiger partial charge in [0.2, 0.25) is 0 Å². The summed E-state index contributed by atoms with van der Waals surface area (Å²) < 4.78 is 23.7. The number of ketones is 1. The molecule has 2 atom stereocenters. The molecule has 114 valence electrons. The van der Waals surface area contributed by atoms with Crippen molar-refractivity contribution < 1.29 is 18.7 Å². The molecule has 2 fully saturated rings. The summed E-state index contributed by atoms with van der Waals surface area (Å²) in [6.07, 6.45) is 2.11. The van der Waals surface area contributed by atoms with Crippen molar-refractivity contribution in [3.8, 4) is 5.75 Å². The normalized spacial score (nSPS) is 28.1. The Hall–Kier alpha value is -1.46. The first-order valence-electron chi connectivity index (χ1n) is 7.45. The first-order valence-corrected chi connectivity index (χ1v) is 7.45. The molecule has 1 N–H and O–H groups in total. The average Bonchev–Trinajstić information content (AvgIpc) is 2.49. The fourth-order valence-electron chi connectivity index (χ4n) is 3.10. The summed E-state index contributed by atoms with van der Waals surface area (Å²) in [5.74, 6) is 0.680. The molecule has 2 aliphatic rings. The van der Waals surface area contributed by atoms with E-state index >= 15 is 0 Å². The van der Waals surface area contributed by atoms with Gasteiger partial charge in [-0.05, 0) is 37.1 Å². The highest BCUT2D eigenvalue weighted by Gasteiger charge is 2.34. The SMILES string of the molecule is O=C(CCOc1ccc(F)cc1)C1CC2COCC(C1)N2. The molecule has 2 unspecified atom stereocenters. The molecule has 2 bridgehead atoms. The van der Waals surface area contributed by atoms with Crippen molar-refractivity contribution in [3.63, 3.8) is 0 Å². The molecule has 2 saturated heterocycles. The molecule has 0 aliphatic carbocycles. The summed E-state index contributed by atoms with van der Waals surface area (Å²) in [4.78, 5) is 12.3. The molecule has 3 rings (SSSR count). The van der Waals surface area contributed by atoms with Crippen LogP contribution in [0.4, 0.5) is 4.39 Å². The first kappa shape index (κ1) is 14.5. The van der Waals surface area contributed by atoms with E-state index in [1.165, 1.54) is 12.1 Å². The van der Waals surface area contributed by atoms with Gasteiger partial charge in [-0.3, -0.25) is 4.79 Å². The molecule has 4 nitrogen and oxygen atoms in total. The Labute approximate surface area is 123 Å². The predicted octanol–water partition coefficient (Wildman–Crippen LogP) is 1.93. The molecular formula is C16H20FNO3. The Morgan fingerprint density at radius 2 is 1.90 bits per heavy atom. The Kier molecular flexibility index (Phi) is 4.51. The summed E-state index contributed by atoms with van der Waals surface area (Å²) in [6.45, 7) is 1.75. The second kappa shape index (κ2) is 6.54. The number of piperidine rings is 1. The number of hydrogen-bond donors (Lipinski definition) is 1. The van der Waals surface area contributed by atoms with Crippen LogP contribution in [0.1, 0.15) is 19.3 Å². The number of carbonyl (C=O) groups excluding carboxylic acids is 1. The van der Waals surface area contributed by atoms with Crippen LogP contribution in [-0.2, 0) is 9.53 Å². The van der Waals surface area contributed by atoms with Gasteiger partial charge in [-0.1, -0.05) is 0 Å². The lowest BCUT2D eigenvalue weighted by Gasteiger charge is -2.39. The Bertz CT molecular complexity index is 479. The zero-order valence-corrected chi connectivity index (χ0v) is 11.9. The van der Waals surface area contributed by atoms with Crippen LogP contribution in [0.5, 0.6) is 5.75 Å². The predicted molar refractivity (Wildman–Crippen MR) is 75.8 cm³/mol. The molecule has 1 aromatic carbocycles. The molecule has 1 aromatic rings. The van der Waals surface area contributed by atoms with Gasteiger partial charge in [-0.15, -0.1) is 0 Å². The van der Waals surface area contributed by atoms with Gasteiger partial charge in [-0.2, -0.15) is 0 Å². The number of halogens is 1. The van der Waals surface area contributed by atoms with E-state index in [4.69, 9.17) is 9.47 Å². The second-order valence-electron chi connectivity index (χ2n) is 5.78. The van der Waals surface area contributed by atoms with Crippen molar-refractivity contribution in [1.82, 2.24) is 5.32 Å². The molecule has 2 aliphatic heterocycles. The highest BCUT2D eigenvalue weighted by molar-refractivity contribution is 5.81. The van der Waals surface area contributed by atoms with Crippen molar-refractivity contribution >= 4 is 5.78 Å². The number of nitrogens with one attached hydrogen (secondary N) is 1. The number of morpholine rings is 1. The third-order valence-electron chi connectivity index (χ3n) is 4.13. The van der Waals surface area contributed by atoms with Gasteiger partial charge in [0, 0.05) is 24.4 Å². The van der Waals surface area contributed by atoms with Crippen molar-refractivity contribution in [3.05, 3.63) is 30.1 Å². The van der Waals surface area contributed by atoms with Crippen LogP contribution >= 0.6 is 0 Å². The van der Waals surface area contributed by atoms with Crippen molar-refractivity contribution in [2.75, 3.05) is 19.8 Å². The molecule has 0 aromatic heterocycles. The minimum absolute atomic E-state index is 0.113. The van der Waals surface area contributed by atoms with E-state index in [0.717, 1.165) is 12.8 Å². The Morgan fingerprint density at radius 3 is 2.57 bits per heavy atom. The van der Waals surface area contributed by atoms with Gasteiger partial charge < -0.3 is 14.8 Å². The Morgan fingerprint density at radius 1 is 1.24 bits per heavy atom. The number of fused-ring (bicyclic) bond motifs is 2. The van der Waals surface area contributed by atoms with Crippen LogP contribution < -0.4 is 10.1 Å². The lowest BCUT2D eigenvalue weighted by atomic mass is 9.83. The molecule has 2 heterocycles. The number of carbonyl (C=O) groups is 1. The van der Waals surface area contributed by atoms with Crippen LogP contribution in [0.3, 0.4) is 0 Å². The van der Waals surface area contributed by atoms with E-state index in [9.17, 15) is 9.18 Å². The van der Waals surface area contributed by atoms with Gasteiger partial charge in [0.25, 0.3) is 0 Å². The highest BCUT2D eigenvalue weighted by atomic mass is 19.1. The number of Topliss-reactive ketones (excluding diaryl/α,β-unsaturated/α-hetero) is 1. The quantitative estimate of drug-likeness (QED) is 0.901. The fraction of sp³-hybridized carbons (Fsp3) is 0.562. The third kappa shape index (κ3) is 3.80. The zero-order valence-electron chi connectivity index (χ0n) is 11.9. The number of rotatable bonds is 5. The average molecular weight is 293 g/mol. The van der Waals surface area contributed by atoms with Gasteiger partial charge in [0.05, 0.1) is 19.8 Å². The largest absolute Gasteiger partial charge is 0.493 e. The topological polar surface area (TPSA) is 47.6 Å². The van der Waals surface area contributed by atoms with Gasteiger partial charge in [0.1, 0.15) is 17.3 Å². The van der Waals surface area contributed by atoms with Crippen LogP contribution in [0.25, 0.3) is 0 Å². The van der Waals surface area contributed by atoms with Crippen molar-refractivity contribution in [2.45, 2.75) is 31.3 Å². The molecule has 21 heavy (non-hydrogen) atoms. The smallest absolute Gasteiger partial charge is 0.139 e. The van der Waals surface area contributed by atoms with E-state index in [2.05, 4.69) is 5.32 Å². The second-order valence-corrected chi connectivity index (χ2v) is 5.78. The zero-order chi connectivity index (χ0) is 14.7. The highest BCUT2D eigenvalue weighted by Crippen LogP contribution is 2.25. The number of ether oxygens (including phenoxy) is 2. The molecule has 0 radical (unpaired) electrons. The lowest BCUT2D eigenvalue weighted by molar-refractivity contribution is -0.126. The molecule has 0 spiro atoms. The van der Waals surface area contributed by atoms with Crippen molar-refractivity contribution in [2.24, 2.45) is 5.92 Å². The standard InChI is InChI=1S/C16H20FNO3/c17-12-1-3-15(4-2-12)21-6-5-16(19)11-7-13-9-20-10-14(8-11)18-13/h1-4,11,13-14,18H,5-10H2. The van der Waals surface area contributed by atoms with Crippen molar-refractivity contribution in [1.29, 1.82) is 0 Å². The van der Waals surface area contributed by atoms with E-state index in [1.54, 1.807) is 12.1 Å². The van der Waals surface area contributed by atoms with Crippen LogP contribution in [0.2, 0.25) is 0 Å². The maximum atomic E-state index is 12.8. The number of hydrogen-bond acceptors (Lipinski definition) is 4. The van der Waals surface area contributed by atoms with E-state index in [1.807, 2.05) is 0 Å². The van der Waals surface area contributed by atoms with E-state index in [0.29, 0.717) is 44.1 Å². The van der Waals surface area contributed by atoms with Crippen LogP contribution in [0.15, 0.2) is 24.3 Å². The maximum Gasteiger partial charge on any atom is 0.139 e. The minimum atomic E-state index is -0.290. The summed E-state index contributed by atoms with van der Waals surface area (Å²) in [6, 6.07) is 6.47. The van der Waals surface area contributed by atoms with Gasteiger partial charge >= 0.3 is 0 Å². The molecular weight excluding hydrogens is 273 g/mol. The Balaban J connectivity index is 1.44. The van der Waals surface area contributed by atoms with Crippen LogP contribution in [0, 0.1) is 11.7 Å². The summed E-state index contributed by atoms with van der Waals surface area (Å²) in [5.41, 5.74) is 0. The van der Waals surface area contributed by atoms with Gasteiger partial charge in [-0.25, -0.2) is 4.39 Å². The molecule has 0 saturated carbocycles. The van der Waals surface area contributed by atoms with E-state index < -0.39 is 0 Å². The van der Waals surface area contributed by atoms with E-state index in [-0.39, 0.29) is 17.5 Å². The lowest BCUT2D eigenvalue weighted by Crippen LogP contribution is -2.55.